The Morgan fingerprint density at radius 3 is 2.32 bits per heavy atom. The van der Waals surface area contributed by atoms with Crippen molar-refractivity contribution in [3.05, 3.63) is 0 Å². The van der Waals surface area contributed by atoms with Gasteiger partial charge in [0.25, 0.3) is 0 Å². The zero-order valence-electron chi connectivity index (χ0n) is 12.1. The number of hydrogen-bond acceptors (Lipinski definition) is 6. The largest absolute Gasteiger partial charge is 0.354 e. The van der Waals surface area contributed by atoms with Gasteiger partial charge in [0.15, 0.2) is 0 Å². The predicted molar refractivity (Wildman–Crippen MR) is 78.8 cm³/mol. The van der Waals surface area contributed by atoms with E-state index in [2.05, 4.69) is 51.3 Å². The van der Waals surface area contributed by atoms with Crippen LogP contribution in [0, 0.1) is 0 Å². The van der Waals surface area contributed by atoms with E-state index in [9.17, 15) is 0 Å². The summed E-state index contributed by atoms with van der Waals surface area (Å²) in [6.45, 7) is 9.03. The van der Waals surface area contributed by atoms with E-state index in [1.807, 2.05) is 0 Å². The smallest absolute Gasteiger partial charge is 0.231 e. The molecule has 1 saturated carbocycles. The number of aromatic nitrogens is 3. The van der Waals surface area contributed by atoms with Gasteiger partial charge in [-0.3, -0.25) is 0 Å². The third-order valence-corrected chi connectivity index (χ3v) is 3.11. The van der Waals surface area contributed by atoms with Crippen LogP contribution >= 0.6 is 0 Å². The molecule has 0 unspecified atom stereocenters. The van der Waals surface area contributed by atoms with E-state index >= 15 is 0 Å². The lowest BCUT2D eigenvalue weighted by Crippen LogP contribution is -2.25. The van der Waals surface area contributed by atoms with Crippen LogP contribution in [-0.2, 0) is 0 Å². The van der Waals surface area contributed by atoms with Gasteiger partial charge in [-0.15, -0.1) is 0 Å². The van der Waals surface area contributed by atoms with Gasteiger partial charge >= 0.3 is 0 Å². The number of rotatable bonds is 8. The lowest BCUT2D eigenvalue weighted by atomic mass is 10.5. The molecule has 0 amide bonds. The Morgan fingerprint density at radius 1 is 1.05 bits per heavy atom. The maximum absolute atomic E-state index is 4.52. The van der Waals surface area contributed by atoms with E-state index in [0.29, 0.717) is 17.9 Å². The van der Waals surface area contributed by atoms with Crippen molar-refractivity contribution in [2.45, 2.75) is 46.1 Å². The first-order valence-corrected chi connectivity index (χ1v) is 7.28. The van der Waals surface area contributed by atoms with Crippen LogP contribution in [0.1, 0.15) is 40.0 Å². The van der Waals surface area contributed by atoms with Gasteiger partial charge in [-0.05, 0) is 33.1 Å². The number of nitrogens with one attached hydrogen (secondary N) is 2. The van der Waals surface area contributed by atoms with Crippen molar-refractivity contribution >= 4 is 17.8 Å². The van der Waals surface area contributed by atoms with Gasteiger partial charge in [-0.25, -0.2) is 0 Å². The van der Waals surface area contributed by atoms with Gasteiger partial charge in [0.05, 0.1) is 0 Å². The number of anilines is 3. The van der Waals surface area contributed by atoms with Crippen LogP contribution in [0.5, 0.6) is 0 Å². The van der Waals surface area contributed by atoms with Crippen molar-refractivity contribution in [2.24, 2.45) is 0 Å². The first-order chi connectivity index (χ1) is 9.26. The van der Waals surface area contributed by atoms with E-state index < -0.39 is 0 Å². The second-order valence-corrected chi connectivity index (χ2v) is 4.80. The zero-order chi connectivity index (χ0) is 13.7. The molecule has 19 heavy (non-hydrogen) atoms. The minimum atomic E-state index is 0.547. The molecule has 2 rings (SSSR count). The van der Waals surface area contributed by atoms with Gasteiger partial charge in [-0.2, -0.15) is 15.0 Å². The molecule has 1 heterocycles. The summed E-state index contributed by atoms with van der Waals surface area (Å²) in [5.41, 5.74) is 0. The van der Waals surface area contributed by atoms with E-state index in [0.717, 1.165) is 32.0 Å². The summed E-state index contributed by atoms with van der Waals surface area (Å²) in [4.78, 5) is 15.6. The van der Waals surface area contributed by atoms with Crippen molar-refractivity contribution in [2.75, 3.05) is 35.2 Å². The summed E-state index contributed by atoms with van der Waals surface area (Å²) in [7, 11) is 0. The molecule has 0 bridgehead atoms. The van der Waals surface area contributed by atoms with E-state index in [-0.39, 0.29) is 0 Å². The third kappa shape index (κ3) is 3.94. The molecule has 0 saturated heterocycles. The van der Waals surface area contributed by atoms with Gasteiger partial charge < -0.3 is 15.5 Å². The molecule has 0 aromatic carbocycles. The maximum Gasteiger partial charge on any atom is 0.231 e. The second-order valence-electron chi connectivity index (χ2n) is 4.80. The second kappa shape index (κ2) is 6.54. The third-order valence-electron chi connectivity index (χ3n) is 3.11. The summed E-state index contributed by atoms with van der Waals surface area (Å²) in [5, 5.41) is 6.59. The lowest BCUT2D eigenvalue weighted by Gasteiger charge is -2.19. The van der Waals surface area contributed by atoms with E-state index in [1.54, 1.807) is 0 Å². The summed E-state index contributed by atoms with van der Waals surface area (Å²) < 4.78 is 0. The van der Waals surface area contributed by atoms with Crippen LogP contribution in [0.3, 0.4) is 0 Å². The maximum atomic E-state index is 4.52. The Morgan fingerprint density at radius 2 is 1.74 bits per heavy atom. The highest BCUT2D eigenvalue weighted by Crippen LogP contribution is 2.24. The fourth-order valence-electron chi connectivity index (χ4n) is 1.80. The standard InChI is InChI=1S/C13H24N6/c1-4-9-14-11-16-12(15-10-7-8-10)18-13(17-11)19(5-2)6-3/h10H,4-9H2,1-3H3,(H2,14,15,16,17,18). The molecular formula is C13H24N6. The molecule has 1 aliphatic carbocycles. The molecule has 0 radical (unpaired) electrons. The molecule has 0 atom stereocenters. The molecule has 6 nitrogen and oxygen atoms in total. The normalized spacial score (nSPS) is 14.3. The summed E-state index contributed by atoms with van der Waals surface area (Å²) >= 11 is 0. The van der Waals surface area contributed by atoms with Gasteiger partial charge in [0.2, 0.25) is 17.8 Å². The molecule has 106 valence electrons. The van der Waals surface area contributed by atoms with Gasteiger partial charge in [-0.1, -0.05) is 6.92 Å². The number of hydrogen-bond donors (Lipinski definition) is 2. The molecule has 1 aromatic heterocycles. The van der Waals surface area contributed by atoms with Crippen LogP contribution in [0.25, 0.3) is 0 Å². The average molecular weight is 264 g/mol. The molecule has 1 fully saturated rings. The highest BCUT2D eigenvalue weighted by atomic mass is 15.3. The molecule has 1 aromatic rings. The van der Waals surface area contributed by atoms with Crippen LogP contribution < -0.4 is 15.5 Å². The minimum Gasteiger partial charge on any atom is -0.354 e. The lowest BCUT2D eigenvalue weighted by molar-refractivity contribution is 0.809. The Balaban J connectivity index is 2.18. The molecule has 2 N–H and O–H groups in total. The van der Waals surface area contributed by atoms with Gasteiger partial charge in [0, 0.05) is 25.7 Å². The summed E-state index contributed by atoms with van der Waals surface area (Å²) in [6.07, 6.45) is 3.48. The van der Waals surface area contributed by atoms with Crippen molar-refractivity contribution < 1.29 is 0 Å². The van der Waals surface area contributed by atoms with E-state index in [4.69, 9.17) is 0 Å². The Bertz CT molecular complexity index is 400. The summed E-state index contributed by atoms with van der Waals surface area (Å²) in [5.74, 6) is 2.11. The quantitative estimate of drug-likeness (QED) is 0.749. The highest BCUT2D eigenvalue weighted by molar-refractivity contribution is 5.44. The molecule has 1 aliphatic rings. The summed E-state index contributed by atoms with van der Waals surface area (Å²) in [6, 6.07) is 0.547. The SMILES string of the molecule is CCCNc1nc(NC2CC2)nc(N(CC)CC)n1. The van der Waals surface area contributed by atoms with E-state index in [1.165, 1.54) is 12.8 Å². The first-order valence-electron chi connectivity index (χ1n) is 7.28. The molecule has 0 aliphatic heterocycles. The Labute approximate surface area is 115 Å². The average Bonchev–Trinajstić information content (AvgIpc) is 3.21. The molecular weight excluding hydrogens is 240 g/mol. The molecule has 6 heteroatoms. The Kier molecular flexibility index (Phi) is 4.76. The van der Waals surface area contributed by atoms with Crippen LogP contribution in [0.15, 0.2) is 0 Å². The van der Waals surface area contributed by atoms with Crippen molar-refractivity contribution in [3.8, 4) is 0 Å². The topological polar surface area (TPSA) is 66.0 Å². The molecule has 0 spiro atoms. The van der Waals surface area contributed by atoms with Crippen LogP contribution in [0.2, 0.25) is 0 Å². The fourth-order valence-corrected chi connectivity index (χ4v) is 1.80. The number of nitrogens with zero attached hydrogens (tertiary/aromatic N) is 4. The predicted octanol–water partition coefficient (Wildman–Crippen LogP) is 2.11. The van der Waals surface area contributed by atoms with Crippen molar-refractivity contribution in [3.63, 3.8) is 0 Å². The van der Waals surface area contributed by atoms with Gasteiger partial charge in [0.1, 0.15) is 0 Å². The fraction of sp³-hybridized carbons (Fsp3) is 0.769. The highest BCUT2D eigenvalue weighted by Gasteiger charge is 2.23. The minimum absolute atomic E-state index is 0.547. The van der Waals surface area contributed by atoms with Crippen LogP contribution in [0.4, 0.5) is 17.8 Å². The Hall–Kier alpha value is -1.59. The zero-order valence-corrected chi connectivity index (χ0v) is 12.1. The van der Waals surface area contributed by atoms with Crippen LogP contribution in [-0.4, -0.2) is 40.6 Å². The van der Waals surface area contributed by atoms with Crippen molar-refractivity contribution in [1.29, 1.82) is 0 Å². The monoisotopic (exact) mass is 264 g/mol. The van der Waals surface area contributed by atoms with Crippen molar-refractivity contribution in [1.82, 2.24) is 15.0 Å². The first kappa shape index (κ1) is 13.8.